The van der Waals surface area contributed by atoms with Crippen LogP contribution in [0.2, 0.25) is 31.7 Å². The third-order valence-corrected chi connectivity index (χ3v) is 14.5. The molecule has 0 bridgehead atoms. The van der Waals surface area contributed by atoms with Crippen LogP contribution >= 0.6 is 0 Å². The van der Waals surface area contributed by atoms with Crippen LogP contribution in [0.3, 0.4) is 0 Å². The predicted octanol–water partition coefficient (Wildman–Crippen LogP) is 2.74. The summed E-state index contributed by atoms with van der Waals surface area (Å²) < 4.78 is 0. The largest absolute Gasteiger partial charge is 1.00 e. The maximum absolute atomic E-state index is 7.00. The van der Waals surface area contributed by atoms with Crippen LogP contribution in [-0.2, 0) is 0 Å². The van der Waals surface area contributed by atoms with E-state index in [1.54, 1.807) is 31.7 Å². The van der Waals surface area contributed by atoms with E-state index in [0.29, 0.717) is 0 Å². The number of aliphatic hydroxyl groups excluding tert-OH is 1. The van der Waals surface area contributed by atoms with E-state index in [0.717, 1.165) is 42.6 Å². The van der Waals surface area contributed by atoms with Crippen LogP contribution in [0.5, 0.6) is 0 Å². The van der Waals surface area contributed by atoms with Crippen LogP contribution in [-0.4, -0.2) is 40.5 Å². The Hall–Kier alpha value is 3.02. The summed E-state index contributed by atoms with van der Waals surface area (Å²) in [6, 6.07) is 0. The van der Waals surface area contributed by atoms with Gasteiger partial charge >= 0.3 is 59.1 Å². The molecule has 5 heteroatoms. The van der Waals surface area contributed by atoms with Crippen molar-refractivity contribution in [2.24, 2.45) is 35.5 Å². The second kappa shape index (κ2) is 28.3. The Labute approximate surface area is 250 Å². The molecule has 0 heterocycles. The van der Waals surface area contributed by atoms with Crippen molar-refractivity contribution >= 4 is 28.3 Å². The number of aliphatic hydroxyl groups is 1. The SMILES string of the molecule is CC(C)[CH2][Al]([CH2]C(C)C)[CH2]C(C)C.CC(C)[CH2][Al]([CH2]C(C)C)[CH2]C(C)C.CO.[H-].[H-].[Na+].[Na+]. The summed E-state index contributed by atoms with van der Waals surface area (Å²) in [5, 5.41) is 16.3. The van der Waals surface area contributed by atoms with Gasteiger partial charge < -0.3 is 7.96 Å². The molecule has 0 amide bonds. The number of hydrogen-bond acceptors (Lipinski definition) is 1. The third kappa shape index (κ3) is 38.3. The van der Waals surface area contributed by atoms with Crippen LogP contribution in [0, 0.1) is 35.5 Å². The summed E-state index contributed by atoms with van der Waals surface area (Å²) in [4.78, 5) is 0. The third-order valence-electron chi connectivity index (χ3n) is 4.83. The zero-order valence-corrected chi connectivity index (χ0v) is 30.6. The molecule has 0 atom stereocenters. The fourth-order valence-electron chi connectivity index (χ4n) is 4.58. The van der Waals surface area contributed by atoms with Gasteiger partial charge in [0.2, 0.25) is 0 Å². The summed E-state index contributed by atoms with van der Waals surface area (Å²) >= 11 is -0.815. The standard InChI is InChI=1S/6C4H9.CH4O.2Al.2Na.2H/c6*1-4(2)3;1-2;;;;;;/h6*4H,1H2,2-3H3;2H,1H3;;;;;;/q;;;;;;;;;2*+1;2*-1. The topological polar surface area (TPSA) is 20.2 Å². The summed E-state index contributed by atoms with van der Waals surface area (Å²) in [5.74, 6) is 5.55. The molecule has 0 rings (SSSR count). The maximum Gasteiger partial charge on any atom is 1.00 e. The van der Waals surface area contributed by atoms with Gasteiger partial charge in [-0.05, 0) is 0 Å². The van der Waals surface area contributed by atoms with Gasteiger partial charge in [0.15, 0.2) is 0 Å². The summed E-state index contributed by atoms with van der Waals surface area (Å²) in [7, 11) is 1.00. The minimum Gasteiger partial charge on any atom is -1.00 e. The van der Waals surface area contributed by atoms with E-state index in [2.05, 4.69) is 83.1 Å². The van der Waals surface area contributed by atoms with Gasteiger partial charge in [0, 0.05) is 7.11 Å². The van der Waals surface area contributed by atoms with Crippen LogP contribution in [0.1, 0.15) is 85.9 Å². The van der Waals surface area contributed by atoms with Crippen LogP contribution in [0.4, 0.5) is 0 Å². The molecule has 30 heavy (non-hydrogen) atoms. The average molecular weight is 477 g/mol. The van der Waals surface area contributed by atoms with E-state index in [4.69, 9.17) is 5.11 Å². The molecule has 174 valence electrons. The molecule has 0 aliphatic carbocycles. The maximum atomic E-state index is 7.00. The first-order valence-corrected chi connectivity index (χ1v) is 17.2. The van der Waals surface area contributed by atoms with Crippen LogP contribution in [0.15, 0.2) is 0 Å². The van der Waals surface area contributed by atoms with E-state index in [1.165, 1.54) is 0 Å². The van der Waals surface area contributed by atoms with Crippen LogP contribution in [0.25, 0.3) is 0 Å². The molecule has 0 aliphatic rings. The Kier molecular flexibility index (Phi) is 40.6. The molecule has 0 fully saturated rings. The summed E-state index contributed by atoms with van der Waals surface area (Å²) in [6.45, 7) is 28.5. The molecule has 0 saturated carbocycles. The molecule has 0 aliphatic heterocycles. The molecule has 1 N–H and O–H groups in total. The van der Waals surface area contributed by atoms with Gasteiger partial charge in [-0.3, -0.25) is 0 Å². The number of hydrogen-bond donors (Lipinski definition) is 1. The molecule has 0 saturated heterocycles. The van der Waals surface area contributed by atoms with E-state index < -0.39 is 28.3 Å². The quantitative estimate of drug-likeness (QED) is 0.430. The summed E-state index contributed by atoms with van der Waals surface area (Å²) in [6.07, 6.45) is 0. The van der Waals surface area contributed by atoms with Crippen molar-refractivity contribution in [3.05, 3.63) is 0 Å². The molecule has 1 nitrogen and oxygen atoms in total. The van der Waals surface area contributed by atoms with Crippen molar-refractivity contribution in [1.82, 2.24) is 0 Å². The predicted molar refractivity (Wildman–Crippen MR) is 140 cm³/mol. The van der Waals surface area contributed by atoms with Crippen molar-refractivity contribution in [3.8, 4) is 0 Å². The fraction of sp³-hybridized carbons (Fsp3) is 1.00. The monoisotopic (exact) mass is 476 g/mol. The minimum absolute atomic E-state index is 0. The molecule has 0 aromatic rings. The molecule has 0 radical (unpaired) electrons. The Morgan fingerprint density at radius 2 is 0.500 bits per heavy atom. The zero-order valence-electron chi connectivity index (χ0n) is 26.3. The molecule has 0 aromatic carbocycles. The van der Waals surface area contributed by atoms with E-state index in [9.17, 15) is 0 Å². The molecule has 0 spiro atoms. The van der Waals surface area contributed by atoms with Crippen molar-refractivity contribution in [2.45, 2.75) is 115 Å². The van der Waals surface area contributed by atoms with Crippen LogP contribution < -0.4 is 59.1 Å². The van der Waals surface area contributed by atoms with Gasteiger partial charge in [0.1, 0.15) is 0 Å². The van der Waals surface area contributed by atoms with Crippen molar-refractivity contribution in [2.75, 3.05) is 7.11 Å². The molecular formula is C25H60Al2Na2O. The van der Waals surface area contributed by atoms with Gasteiger partial charge in [-0.15, -0.1) is 0 Å². The van der Waals surface area contributed by atoms with Crippen molar-refractivity contribution < 1.29 is 67.1 Å². The van der Waals surface area contributed by atoms with E-state index >= 15 is 0 Å². The Balaban J connectivity index is -0.0000000648. The summed E-state index contributed by atoms with van der Waals surface area (Å²) in [5.41, 5.74) is 0. The van der Waals surface area contributed by atoms with Gasteiger partial charge in [0.05, 0.1) is 0 Å². The fourth-order valence-corrected chi connectivity index (χ4v) is 13.7. The molecule has 0 unspecified atom stereocenters. The Morgan fingerprint density at radius 1 is 0.400 bits per heavy atom. The zero-order chi connectivity index (χ0) is 22.9. The van der Waals surface area contributed by atoms with Gasteiger partial charge in [-0.1, -0.05) is 150 Å². The van der Waals surface area contributed by atoms with Gasteiger partial charge in [-0.2, -0.15) is 0 Å². The number of rotatable bonds is 12. The first-order chi connectivity index (χ1) is 12.8. The second-order valence-corrected chi connectivity index (χ2v) is 17.8. The van der Waals surface area contributed by atoms with E-state index in [1.807, 2.05) is 0 Å². The van der Waals surface area contributed by atoms with Crippen molar-refractivity contribution in [3.63, 3.8) is 0 Å². The first-order valence-electron chi connectivity index (χ1n) is 12.3. The Bertz CT molecular complexity index is 243. The van der Waals surface area contributed by atoms with E-state index in [-0.39, 0.29) is 62.0 Å². The van der Waals surface area contributed by atoms with Crippen molar-refractivity contribution in [1.29, 1.82) is 0 Å². The average Bonchev–Trinajstić information content (AvgIpc) is 2.45. The van der Waals surface area contributed by atoms with Gasteiger partial charge in [-0.25, -0.2) is 0 Å². The minimum atomic E-state index is -0.407. The first kappa shape index (κ1) is 43.1. The smallest absolute Gasteiger partial charge is 1.00 e. The Morgan fingerprint density at radius 3 is 0.567 bits per heavy atom. The van der Waals surface area contributed by atoms with Gasteiger partial charge in [0.25, 0.3) is 28.3 Å². The molecular weight excluding hydrogens is 416 g/mol. The molecule has 0 aromatic heterocycles. The normalized spacial score (nSPS) is 10.4. The second-order valence-electron chi connectivity index (χ2n) is 11.5.